The second-order valence-corrected chi connectivity index (χ2v) is 9.26. The van der Waals surface area contributed by atoms with Crippen molar-refractivity contribution in [2.24, 2.45) is 5.10 Å². The van der Waals surface area contributed by atoms with Crippen molar-refractivity contribution in [1.82, 2.24) is 5.43 Å². The molecule has 0 aliphatic heterocycles. The summed E-state index contributed by atoms with van der Waals surface area (Å²) in [7, 11) is 0. The van der Waals surface area contributed by atoms with E-state index in [0.29, 0.717) is 62.5 Å². The summed E-state index contributed by atoms with van der Waals surface area (Å²) >= 11 is 11.9. The number of ether oxygens (including phenoxy) is 2. The largest absolute Gasteiger partial charge is 0.482 e. The van der Waals surface area contributed by atoms with Gasteiger partial charge in [-0.2, -0.15) is 5.10 Å². The van der Waals surface area contributed by atoms with Crippen molar-refractivity contribution in [2.75, 3.05) is 18.5 Å². The number of aryl methyl sites for hydroxylation is 1. The van der Waals surface area contributed by atoms with E-state index in [4.69, 9.17) is 37.1 Å². The molecule has 1 aliphatic rings. The molecule has 0 spiro atoms. The van der Waals surface area contributed by atoms with Crippen LogP contribution in [-0.2, 0) is 16.0 Å². The molecule has 0 bridgehead atoms. The second kappa shape index (κ2) is 12.1. The highest BCUT2D eigenvalue weighted by Crippen LogP contribution is 2.31. The standard InChI is InChI=1S/C27H25Cl2N3O6/c1-3-36-27(35)16-7-10-18(11-8-16)30-26(34)25-15(2)24-20(5-4-6-22(24)38-25)31-32-23(33)14-37-21-12-9-17(28)13-19(21)29/h7-13H,3-6,14H2,1-2H3,(H,30,34)(H,32,33)/b31-20+. The first-order chi connectivity index (χ1) is 18.3. The fourth-order valence-electron chi connectivity index (χ4n) is 3.99. The minimum absolute atomic E-state index is 0.158. The van der Waals surface area contributed by atoms with Gasteiger partial charge in [-0.15, -0.1) is 0 Å². The van der Waals surface area contributed by atoms with E-state index in [1.165, 1.54) is 6.07 Å². The quantitative estimate of drug-likeness (QED) is 0.276. The number of hydrazone groups is 1. The van der Waals surface area contributed by atoms with Crippen molar-refractivity contribution in [3.8, 4) is 5.75 Å². The maximum absolute atomic E-state index is 13.0. The number of carbonyl (C=O) groups is 3. The zero-order valence-electron chi connectivity index (χ0n) is 20.7. The first-order valence-corrected chi connectivity index (χ1v) is 12.7. The van der Waals surface area contributed by atoms with Gasteiger partial charge in [0.1, 0.15) is 11.5 Å². The topological polar surface area (TPSA) is 119 Å². The van der Waals surface area contributed by atoms with Gasteiger partial charge in [-0.3, -0.25) is 9.59 Å². The zero-order valence-corrected chi connectivity index (χ0v) is 22.2. The van der Waals surface area contributed by atoms with E-state index >= 15 is 0 Å². The molecule has 4 rings (SSSR count). The second-order valence-electron chi connectivity index (χ2n) is 8.42. The molecule has 0 saturated carbocycles. The zero-order chi connectivity index (χ0) is 27.2. The van der Waals surface area contributed by atoms with Gasteiger partial charge in [0.25, 0.3) is 11.8 Å². The number of carbonyl (C=O) groups excluding carboxylic acids is 3. The fraction of sp³-hybridized carbons (Fsp3) is 0.259. The Balaban J connectivity index is 1.42. The number of fused-ring (bicyclic) bond motifs is 1. The van der Waals surface area contributed by atoms with Gasteiger partial charge in [0.05, 0.1) is 22.9 Å². The number of furan rings is 1. The summed E-state index contributed by atoms with van der Waals surface area (Å²) in [6.45, 7) is 3.49. The van der Waals surface area contributed by atoms with Crippen LogP contribution in [0.1, 0.15) is 57.6 Å². The van der Waals surface area contributed by atoms with Crippen molar-refractivity contribution in [2.45, 2.75) is 33.1 Å². The molecule has 3 aromatic rings. The molecular formula is C27H25Cl2N3O6. The summed E-state index contributed by atoms with van der Waals surface area (Å²) in [5, 5.41) is 7.82. The normalized spacial score (nSPS) is 13.5. The molecule has 9 nitrogen and oxygen atoms in total. The number of benzene rings is 2. The molecule has 0 unspecified atom stereocenters. The molecule has 1 aromatic heterocycles. The average Bonchev–Trinajstić information content (AvgIpc) is 3.24. The molecule has 38 heavy (non-hydrogen) atoms. The van der Waals surface area contributed by atoms with E-state index in [-0.39, 0.29) is 19.0 Å². The van der Waals surface area contributed by atoms with Gasteiger partial charge in [-0.1, -0.05) is 23.2 Å². The maximum Gasteiger partial charge on any atom is 0.338 e. The predicted octanol–water partition coefficient (Wildman–Crippen LogP) is 5.56. The molecule has 2 N–H and O–H groups in total. The van der Waals surface area contributed by atoms with Crippen molar-refractivity contribution in [3.63, 3.8) is 0 Å². The minimum atomic E-state index is -0.471. The van der Waals surface area contributed by atoms with Gasteiger partial charge in [0, 0.05) is 28.3 Å². The first kappa shape index (κ1) is 27.2. The van der Waals surface area contributed by atoms with E-state index < -0.39 is 17.8 Å². The summed E-state index contributed by atoms with van der Waals surface area (Å²) in [4.78, 5) is 37.1. The van der Waals surface area contributed by atoms with Crippen molar-refractivity contribution >= 4 is 52.4 Å². The monoisotopic (exact) mass is 557 g/mol. The lowest BCUT2D eigenvalue weighted by Gasteiger charge is -2.13. The van der Waals surface area contributed by atoms with Crippen LogP contribution in [0.3, 0.4) is 0 Å². The number of nitrogens with zero attached hydrogens (tertiary/aromatic N) is 1. The van der Waals surface area contributed by atoms with Crippen LogP contribution in [0.25, 0.3) is 0 Å². The van der Waals surface area contributed by atoms with E-state index in [9.17, 15) is 14.4 Å². The third kappa shape index (κ3) is 6.35. The van der Waals surface area contributed by atoms with Crippen LogP contribution in [0, 0.1) is 6.92 Å². The first-order valence-electron chi connectivity index (χ1n) is 11.9. The highest BCUT2D eigenvalue weighted by Gasteiger charge is 2.28. The molecule has 2 aromatic carbocycles. The molecule has 11 heteroatoms. The van der Waals surface area contributed by atoms with Gasteiger partial charge in [-0.05, 0) is 69.2 Å². The Kier molecular flexibility index (Phi) is 8.70. The highest BCUT2D eigenvalue weighted by molar-refractivity contribution is 6.35. The Morgan fingerprint density at radius 1 is 1.08 bits per heavy atom. The highest BCUT2D eigenvalue weighted by atomic mass is 35.5. The lowest BCUT2D eigenvalue weighted by molar-refractivity contribution is -0.123. The Hall–Kier alpha value is -3.82. The fourth-order valence-corrected chi connectivity index (χ4v) is 4.45. The molecule has 0 fully saturated rings. The number of halogens is 2. The van der Waals surface area contributed by atoms with Gasteiger partial charge >= 0.3 is 5.97 Å². The number of amides is 2. The predicted molar refractivity (Wildman–Crippen MR) is 143 cm³/mol. The smallest absolute Gasteiger partial charge is 0.338 e. The number of hydrogen-bond acceptors (Lipinski definition) is 7. The Bertz CT molecular complexity index is 1400. The van der Waals surface area contributed by atoms with Gasteiger partial charge in [0.15, 0.2) is 12.4 Å². The lowest BCUT2D eigenvalue weighted by atomic mass is 9.93. The molecular weight excluding hydrogens is 533 g/mol. The Morgan fingerprint density at radius 2 is 1.84 bits per heavy atom. The van der Waals surface area contributed by atoms with Crippen LogP contribution in [0.5, 0.6) is 5.75 Å². The van der Waals surface area contributed by atoms with E-state index in [2.05, 4.69) is 15.8 Å². The van der Waals surface area contributed by atoms with E-state index in [1.807, 2.05) is 0 Å². The summed E-state index contributed by atoms with van der Waals surface area (Å²) in [6.07, 6.45) is 2.00. The van der Waals surface area contributed by atoms with Crippen molar-refractivity contribution < 1.29 is 28.3 Å². The number of esters is 1. The summed E-state index contributed by atoms with van der Waals surface area (Å²) < 4.78 is 16.3. The van der Waals surface area contributed by atoms with Crippen LogP contribution >= 0.6 is 23.2 Å². The molecule has 0 atom stereocenters. The van der Waals surface area contributed by atoms with E-state index in [0.717, 1.165) is 6.42 Å². The SMILES string of the molecule is CCOC(=O)c1ccc(NC(=O)c2oc3c(c2C)/C(=N/NC(=O)COc2ccc(Cl)cc2Cl)CCC3)cc1. The maximum atomic E-state index is 13.0. The Labute approximate surface area is 229 Å². The lowest BCUT2D eigenvalue weighted by Crippen LogP contribution is -2.27. The minimum Gasteiger partial charge on any atom is -0.482 e. The molecule has 0 saturated heterocycles. The molecule has 198 valence electrons. The molecule has 0 radical (unpaired) electrons. The van der Waals surface area contributed by atoms with Crippen LogP contribution in [0.15, 0.2) is 52.0 Å². The van der Waals surface area contributed by atoms with Crippen LogP contribution in [0.2, 0.25) is 10.0 Å². The molecule has 2 amide bonds. The third-order valence-corrected chi connectivity index (χ3v) is 6.28. The average molecular weight is 558 g/mol. The van der Waals surface area contributed by atoms with Crippen LogP contribution in [-0.4, -0.2) is 36.7 Å². The molecule has 1 aliphatic carbocycles. The summed E-state index contributed by atoms with van der Waals surface area (Å²) in [5.41, 5.74) is 5.33. The number of nitrogens with one attached hydrogen (secondary N) is 2. The van der Waals surface area contributed by atoms with Crippen LogP contribution < -0.4 is 15.5 Å². The van der Waals surface area contributed by atoms with Gasteiger partial charge < -0.3 is 19.2 Å². The van der Waals surface area contributed by atoms with Crippen molar-refractivity contribution in [3.05, 3.63) is 80.7 Å². The van der Waals surface area contributed by atoms with Gasteiger partial charge in [0.2, 0.25) is 0 Å². The third-order valence-electron chi connectivity index (χ3n) is 5.75. The molecule has 1 heterocycles. The summed E-state index contributed by atoms with van der Waals surface area (Å²) in [5.74, 6) is -0.215. The summed E-state index contributed by atoms with van der Waals surface area (Å²) in [6, 6.07) is 11.1. The Morgan fingerprint density at radius 3 is 2.55 bits per heavy atom. The van der Waals surface area contributed by atoms with Crippen LogP contribution in [0.4, 0.5) is 5.69 Å². The van der Waals surface area contributed by atoms with Crippen molar-refractivity contribution in [1.29, 1.82) is 0 Å². The number of anilines is 1. The number of hydrogen-bond donors (Lipinski definition) is 2. The van der Waals surface area contributed by atoms with E-state index in [1.54, 1.807) is 50.2 Å². The van der Waals surface area contributed by atoms with Gasteiger partial charge in [-0.25, -0.2) is 10.2 Å². The number of rotatable bonds is 8.